The predicted octanol–water partition coefficient (Wildman–Crippen LogP) is 2.53. The molecule has 0 saturated heterocycles. The van der Waals surface area contributed by atoms with Crippen LogP contribution in [0.4, 0.5) is 5.82 Å². The van der Waals surface area contributed by atoms with Gasteiger partial charge in [0.25, 0.3) is 0 Å². The molecule has 0 aliphatic heterocycles. The van der Waals surface area contributed by atoms with Gasteiger partial charge in [-0.05, 0) is 36.5 Å². The summed E-state index contributed by atoms with van der Waals surface area (Å²) in [5.74, 6) is 0.104. The van der Waals surface area contributed by atoms with Crippen molar-refractivity contribution < 1.29 is 14.6 Å². The molecule has 8 heteroatoms. The van der Waals surface area contributed by atoms with E-state index in [1.165, 1.54) is 0 Å². The smallest absolute Gasteiger partial charge is 0.333 e. The lowest BCUT2D eigenvalue weighted by Gasteiger charge is -2.19. The Morgan fingerprint density at radius 2 is 2.00 bits per heavy atom. The Hall–Kier alpha value is -3.00. The molecular weight excluding hydrogens is 346 g/mol. The van der Waals surface area contributed by atoms with Crippen LogP contribution in [0, 0.1) is 5.92 Å². The van der Waals surface area contributed by atoms with E-state index in [2.05, 4.69) is 15.1 Å². The molecule has 1 unspecified atom stereocenters. The fourth-order valence-electron chi connectivity index (χ4n) is 3.61. The Morgan fingerprint density at radius 3 is 2.70 bits per heavy atom. The van der Waals surface area contributed by atoms with Crippen LogP contribution in [0.5, 0.6) is 0 Å². The SMILES string of the molecule is Nc1cc2cc(-c3cnc(COC(C(=O)O)C4CCCC4)nc3)ccn2n1. The second-order valence-electron chi connectivity index (χ2n) is 6.86. The van der Waals surface area contributed by atoms with E-state index < -0.39 is 12.1 Å². The average molecular weight is 367 g/mol. The highest BCUT2D eigenvalue weighted by Crippen LogP contribution is 2.30. The zero-order valence-electron chi connectivity index (χ0n) is 14.8. The number of anilines is 1. The number of ether oxygens (including phenoxy) is 1. The highest BCUT2D eigenvalue weighted by molar-refractivity contribution is 5.72. The minimum atomic E-state index is -0.910. The molecule has 0 bridgehead atoms. The zero-order chi connectivity index (χ0) is 18.8. The first-order valence-corrected chi connectivity index (χ1v) is 9.01. The first kappa shape index (κ1) is 17.4. The van der Waals surface area contributed by atoms with Crippen molar-refractivity contribution >= 4 is 17.3 Å². The summed E-state index contributed by atoms with van der Waals surface area (Å²) in [5, 5.41) is 13.6. The summed E-state index contributed by atoms with van der Waals surface area (Å²) in [5.41, 5.74) is 8.40. The highest BCUT2D eigenvalue weighted by Gasteiger charge is 2.31. The van der Waals surface area contributed by atoms with Gasteiger partial charge in [-0.15, -0.1) is 0 Å². The van der Waals surface area contributed by atoms with Crippen LogP contribution >= 0.6 is 0 Å². The lowest BCUT2D eigenvalue weighted by atomic mass is 10.0. The van der Waals surface area contributed by atoms with Crippen LogP contribution < -0.4 is 5.73 Å². The van der Waals surface area contributed by atoms with E-state index in [9.17, 15) is 9.90 Å². The molecule has 27 heavy (non-hydrogen) atoms. The molecule has 1 atom stereocenters. The molecule has 0 aromatic carbocycles. The maximum atomic E-state index is 11.5. The molecule has 0 spiro atoms. The van der Waals surface area contributed by atoms with Gasteiger partial charge in [-0.3, -0.25) is 0 Å². The summed E-state index contributed by atoms with van der Waals surface area (Å²) < 4.78 is 7.33. The van der Waals surface area contributed by atoms with Gasteiger partial charge in [-0.2, -0.15) is 5.10 Å². The van der Waals surface area contributed by atoms with E-state index in [-0.39, 0.29) is 12.5 Å². The van der Waals surface area contributed by atoms with Crippen LogP contribution in [0.15, 0.2) is 36.8 Å². The first-order chi connectivity index (χ1) is 13.1. The second-order valence-corrected chi connectivity index (χ2v) is 6.86. The Morgan fingerprint density at radius 1 is 1.26 bits per heavy atom. The van der Waals surface area contributed by atoms with Crippen molar-refractivity contribution in [3.63, 3.8) is 0 Å². The van der Waals surface area contributed by atoms with Gasteiger partial charge in [0.1, 0.15) is 12.4 Å². The van der Waals surface area contributed by atoms with Gasteiger partial charge in [-0.1, -0.05) is 12.8 Å². The third kappa shape index (κ3) is 3.75. The van der Waals surface area contributed by atoms with Gasteiger partial charge < -0.3 is 15.6 Å². The number of carboxylic acids is 1. The van der Waals surface area contributed by atoms with Gasteiger partial charge in [0.15, 0.2) is 11.9 Å². The molecule has 3 N–H and O–H groups in total. The van der Waals surface area contributed by atoms with Gasteiger partial charge in [0.2, 0.25) is 0 Å². The van der Waals surface area contributed by atoms with E-state index in [1.54, 1.807) is 23.0 Å². The molecule has 3 heterocycles. The largest absolute Gasteiger partial charge is 0.479 e. The number of aromatic nitrogens is 4. The number of rotatable bonds is 6. The summed E-state index contributed by atoms with van der Waals surface area (Å²) in [6.45, 7) is 0.0892. The summed E-state index contributed by atoms with van der Waals surface area (Å²) in [7, 11) is 0. The van der Waals surface area contributed by atoms with Crippen molar-refractivity contribution in [2.75, 3.05) is 5.73 Å². The molecule has 3 aromatic rings. The van der Waals surface area contributed by atoms with Crippen molar-refractivity contribution in [1.29, 1.82) is 0 Å². The molecule has 1 aliphatic rings. The Labute approximate surface area is 156 Å². The quantitative estimate of drug-likeness (QED) is 0.688. The van der Waals surface area contributed by atoms with Crippen molar-refractivity contribution in [3.8, 4) is 11.1 Å². The monoisotopic (exact) mass is 367 g/mol. The minimum absolute atomic E-state index is 0.0802. The van der Waals surface area contributed by atoms with Crippen LogP contribution in [0.3, 0.4) is 0 Å². The van der Waals surface area contributed by atoms with E-state index in [1.807, 2.05) is 18.3 Å². The zero-order valence-corrected chi connectivity index (χ0v) is 14.8. The third-order valence-electron chi connectivity index (χ3n) is 4.98. The van der Waals surface area contributed by atoms with Gasteiger partial charge in [-0.25, -0.2) is 19.3 Å². The predicted molar refractivity (Wildman–Crippen MR) is 98.8 cm³/mol. The molecule has 0 amide bonds. The van der Waals surface area contributed by atoms with Crippen molar-refractivity contribution in [1.82, 2.24) is 19.6 Å². The number of hydrogen-bond donors (Lipinski definition) is 2. The normalized spacial score (nSPS) is 16.0. The number of carbonyl (C=O) groups is 1. The summed E-state index contributed by atoms with van der Waals surface area (Å²) in [4.78, 5) is 20.1. The Bertz CT molecular complexity index is 948. The molecule has 140 valence electrons. The topological polar surface area (TPSA) is 116 Å². The van der Waals surface area contributed by atoms with E-state index in [4.69, 9.17) is 10.5 Å². The minimum Gasteiger partial charge on any atom is -0.479 e. The molecule has 1 fully saturated rings. The molecule has 8 nitrogen and oxygen atoms in total. The maximum absolute atomic E-state index is 11.5. The number of nitrogens with zero attached hydrogens (tertiary/aromatic N) is 4. The number of aliphatic carboxylic acids is 1. The highest BCUT2D eigenvalue weighted by atomic mass is 16.5. The number of pyridine rings is 1. The lowest BCUT2D eigenvalue weighted by molar-refractivity contribution is -0.155. The standard InChI is InChI=1S/C19H21N5O3/c20-16-8-15-7-13(5-6-24(15)23-16)14-9-21-17(22-10-14)11-27-18(19(25)26)12-3-1-2-4-12/h5-10,12,18H,1-4,11H2,(H2,20,23)(H,25,26). The van der Waals surface area contributed by atoms with E-state index in [0.717, 1.165) is 42.3 Å². The first-order valence-electron chi connectivity index (χ1n) is 9.01. The summed E-state index contributed by atoms with van der Waals surface area (Å²) in [6, 6.07) is 5.66. The lowest BCUT2D eigenvalue weighted by Crippen LogP contribution is -2.31. The van der Waals surface area contributed by atoms with Crippen LogP contribution in [-0.2, 0) is 16.1 Å². The second kappa shape index (κ2) is 7.32. The number of fused-ring (bicyclic) bond motifs is 1. The Kier molecular flexibility index (Phi) is 4.72. The van der Waals surface area contributed by atoms with Gasteiger partial charge >= 0.3 is 5.97 Å². The molecule has 3 aromatic heterocycles. The van der Waals surface area contributed by atoms with Gasteiger partial charge in [0.05, 0.1) is 5.52 Å². The van der Waals surface area contributed by atoms with Crippen LogP contribution in [-0.4, -0.2) is 36.8 Å². The fraction of sp³-hybridized carbons (Fsp3) is 0.368. The molecule has 4 rings (SSSR count). The summed E-state index contributed by atoms with van der Waals surface area (Å²) >= 11 is 0. The van der Waals surface area contributed by atoms with Crippen LogP contribution in [0.25, 0.3) is 16.6 Å². The van der Waals surface area contributed by atoms with Crippen molar-refractivity contribution in [2.24, 2.45) is 5.92 Å². The average Bonchev–Trinajstić information content (AvgIpc) is 3.30. The molecular formula is C19H21N5O3. The fourth-order valence-corrected chi connectivity index (χ4v) is 3.61. The number of carboxylic acid groups (broad SMARTS) is 1. The number of nitrogens with two attached hydrogens (primary N) is 1. The van der Waals surface area contributed by atoms with Crippen molar-refractivity contribution in [2.45, 2.75) is 38.4 Å². The van der Waals surface area contributed by atoms with E-state index in [0.29, 0.717) is 11.6 Å². The van der Waals surface area contributed by atoms with Crippen molar-refractivity contribution in [3.05, 3.63) is 42.6 Å². The molecule has 1 saturated carbocycles. The van der Waals surface area contributed by atoms with E-state index >= 15 is 0 Å². The maximum Gasteiger partial charge on any atom is 0.333 e. The molecule has 1 aliphatic carbocycles. The Balaban J connectivity index is 1.45. The van der Waals surface area contributed by atoms with Crippen LogP contribution in [0.2, 0.25) is 0 Å². The molecule has 0 radical (unpaired) electrons. The van der Waals surface area contributed by atoms with Gasteiger partial charge in [0, 0.05) is 30.2 Å². The number of hydrogen-bond acceptors (Lipinski definition) is 6. The van der Waals surface area contributed by atoms with Crippen LogP contribution in [0.1, 0.15) is 31.5 Å². The summed E-state index contributed by atoms with van der Waals surface area (Å²) in [6.07, 6.45) is 8.40. The third-order valence-corrected chi connectivity index (χ3v) is 4.98. The number of nitrogen functional groups attached to an aromatic ring is 1.